The van der Waals surface area contributed by atoms with E-state index in [9.17, 15) is 13.6 Å². The minimum Gasteiger partial charge on any atom is -0.369 e. The molecular formula is C19H18F2N4O. The summed E-state index contributed by atoms with van der Waals surface area (Å²) in [7, 11) is 0. The number of anilines is 1. The number of primary amides is 1. The fourth-order valence-corrected chi connectivity index (χ4v) is 3.82. The molecular weight excluding hydrogens is 338 g/mol. The van der Waals surface area contributed by atoms with E-state index in [-0.39, 0.29) is 5.56 Å². The van der Waals surface area contributed by atoms with E-state index in [0.717, 1.165) is 28.9 Å². The van der Waals surface area contributed by atoms with Gasteiger partial charge in [0.2, 0.25) is 5.91 Å². The summed E-state index contributed by atoms with van der Waals surface area (Å²) >= 11 is 0. The third-order valence-corrected chi connectivity index (χ3v) is 5.29. The highest BCUT2D eigenvalue weighted by Gasteiger charge is 2.43. The van der Waals surface area contributed by atoms with E-state index in [1.165, 1.54) is 6.07 Å². The number of para-hydroxylation sites is 1. The number of carbonyl (C=O) groups is 1. The van der Waals surface area contributed by atoms with Crippen LogP contribution in [0, 0.1) is 11.6 Å². The minimum atomic E-state index is -1.14. The highest BCUT2D eigenvalue weighted by Crippen LogP contribution is 2.39. The molecule has 3 aromatic rings. The van der Waals surface area contributed by atoms with Gasteiger partial charge in [-0.05, 0) is 31.0 Å². The standard InChI is InChI=1S/C19H18F2N4O/c20-12-5-6-14(15(21)11-12)19(18(22)26)7-9-25(10-8-19)17-13-3-1-2-4-16(13)23-24-17/h1-6,11H,7-10H2,(H2,22,26)(H,23,24). The lowest BCUT2D eigenvalue weighted by molar-refractivity contribution is -0.124. The van der Waals surface area contributed by atoms with Crippen LogP contribution >= 0.6 is 0 Å². The van der Waals surface area contributed by atoms with Crippen LogP contribution in [0.1, 0.15) is 18.4 Å². The summed E-state index contributed by atoms with van der Waals surface area (Å²) in [4.78, 5) is 14.3. The zero-order chi connectivity index (χ0) is 18.3. The zero-order valence-electron chi connectivity index (χ0n) is 14.0. The smallest absolute Gasteiger partial charge is 0.228 e. The Morgan fingerprint density at radius 2 is 1.88 bits per heavy atom. The van der Waals surface area contributed by atoms with E-state index in [4.69, 9.17) is 5.73 Å². The Labute approximate surface area is 148 Å². The van der Waals surface area contributed by atoms with Crippen LogP contribution < -0.4 is 10.6 Å². The van der Waals surface area contributed by atoms with Gasteiger partial charge < -0.3 is 10.6 Å². The first kappa shape index (κ1) is 16.5. The lowest BCUT2D eigenvalue weighted by Gasteiger charge is -2.40. The molecule has 1 aliphatic heterocycles. The van der Waals surface area contributed by atoms with Crippen molar-refractivity contribution in [2.45, 2.75) is 18.3 Å². The Hall–Kier alpha value is -2.96. The summed E-state index contributed by atoms with van der Waals surface area (Å²) in [6.07, 6.45) is 0.679. The largest absolute Gasteiger partial charge is 0.369 e. The molecule has 134 valence electrons. The Kier molecular flexibility index (Phi) is 3.86. The van der Waals surface area contributed by atoms with Crippen LogP contribution in [0.25, 0.3) is 10.9 Å². The van der Waals surface area contributed by atoms with E-state index in [1.807, 2.05) is 24.3 Å². The van der Waals surface area contributed by atoms with E-state index >= 15 is 0 Å². The van der Waals surface area contributed by atoms with Crippen LogP contribution in [0.2, 0.25) is 0 Å². The number of nitrogens with one attached hydrogen (secondary N) is 1. The maximum Gasteiger partial charge on any atom is 0.228 e. The zero-order valence-corrected chi connectivity index (χ0v) is 14.0. The van der Waals surface area contributed by atoms with E-state index in [0.29, 0.717) is 25.9 Å². The van der Waals surface area contributed by atoms with Crippen molar-refractivity contribution in [3.63, 3.8) is 0 Å². The molecule has 1 aromatic heterocycles. The predicted octanol–water partition coefficient (Wildman–Crippen LogP) is 2.86. The highest BCUT2D eigenvalue weighted by atomic mass is 19.1. The average Bonchev–Trinajstić information content (AvgIpc) is 3.06. The number of H-pyrrole nitrogens is 1. The van der Waals surface area contributed by atoms with E-state index < -0.39 is 23.0 Å². The predicted molar refractivity (Wildman–Crippen MR) is 94.8 cm³/mol. The SMILES string of the molecule is NC(=O)C1(c2ccc(F)cc2F)CCN(c2n[nH]c3ccccc23)CC1. The number of hydrogen-bond donors (Lipinski definition) is 2. The first-order valence-corrected chi connectivity index (χ1v) is 8.45. The number of fused-ring (bicyclic) bond motifs is 1. The van der Waals surface area contributed by atoms with Crippen molar-refractivity contribution in [3.05, 3.63) is 59.7 Å². The number of aromatic nitrogens is 2. The van der Waals surface area contributed by atoms with Gasteiger partial charge in [-0.2, -0.15) is 5.10 Å². The fourth-order valence-electron chi connectivity index (χ4n) is 3.82. The summed E-state index contributed by atoms with van der Waals surface area (Å²) in [5.74, 6) is -1.19. The van der Waals surface area contributed by atoms with Gasteiger partial charge in [0, 0.05) is 30.1 Å². The molecule has 0 aliphatic carbocycles. The van der Waals surface area contributed by atoms with Crippen molar-refractivity contribution >= 4 is 22.6 Å². The molecule has 1 fully saturated rings. The molecule has 0 spiro atoms. The lowest BCUT2D eigenvalue weighted by atomic mass is 9.72. The molecule has 2 heterocycles. The number of nitrogens with two attached hydrogens (primary N) is 1. The number of aromatic amines is 1. The van der Waals surface area contributed by atoms with Crippen molar-refractivity contribution in [2.75, 3.05) is 18.0 Å². The van der Waals surface area contributed by atoms with Gasteiger partial charge in [-0.1, -0.05) is 18.2 Å². The topological polar surface area (TPSA) is 75.0 Å². The van der Waals surface area contributed by atoms with Gasteiger partial charge in [-0.3, -0.25) is 9.89 Å². The van der Waals surface area contributed by atoms with Crippen molar-refractivity contribution in [1.29, 1.82) is 0 Å². The maximum atomic E-state index is 14.3. The van der Waals surface area contributed by atoms with Crippen molar-refractivity contribution in [3.8, 4) is 0 Å². The number of piperidine rings is 1. The van der Waals surface area contributed by atoms with Crippen molar-refractivity contribution in [2.24, 2.45) is 5.73 Å². The number of hydrogen-bond acceptors (Lipinski definition) is 3. The Morgan fingerprint density at radius 3 is 2.58 bits per heavy atom. The normalized spacial score (nSPS) is 16.8. The summed E-state index contributed by atoms with van der Waals surface area (Å²) in [5, 5.41) is 8.36. The molecule has 26 heavy (non-hydrogen) atoms. The second kappa shape index (κ2) is 6.09. The molecule has 0 unspecified atom stereocenters. The molecule has 5 nitrogen and oxygen atoms in total. The monoisotopic (exact) mass is 356 g/mol. The van der Waals surface area contributed by atoms with Crippen LogP contribution in [0.4, 0.5) is 14.6 Å². The lowest BCUT2D eigenvalue weighted by Crippen LogP contribution is -2.50. The molecule has 0 radical (unpaired) electrons. The summed E-state index contributed by atoms with van der Waals surface area (Å²) in [6, 6.07) is 11.1. The molecule has 0 saturated carbocycles. The summed E-state index contributed by atoms with van der Waals surface area (Å²) in [5.41, 5.74) is 5.61. The number of rotatable bonds is 3. The Bertz CT molecular complexity index is 977. The average molecular weight is 356 g/mol. The molecule has 4 rings (SSSR count). The first-order valence-electron chi connectivity index (χ1n) is 8.45. The molecule has 2 aromatic carbocycles. The summed E-state index contributed by atoms with van der Waals surface area (Å²) in [6.45, 7) is 0.989. The Morgan fingerprint density at radius 1 is 1.15 bits per heavy atom. The van der Waals surface area contributed by atoms with Crippen molar-refractivity contribution in [1.82, 2.24) is 10.2 Å². The van der Waals surface area contributed by atoms with Crippen LogP contribution in [0.15, 0.2) is 42.5 Å². The molecule has 3 N–H and O–H groups in total. The van der Waals surface area contributed by atoms with Gasteiger partial charge in [0.25, 0.3) is 0 Å². The summed E-state index contributed by atoms with van der Waals surface area (Å²) < 4.78 is 27.6. The Balaban J connectivity index is 1.65. The van der Waals surface area contributed by atoms with Gasteiger partial charge in [0.05, 0.1) is 10.9 Å². The molecule has 0 bridgehead atoms. The fraction of sp³-hybridized carbons (Fsp3) is 0.263. The second-order valence-electron chi connectivity index (χ2n) is 6.65. The van der Waals surface area contributed by atoms with Gasteiger partial charge in [0.15, 0.2) is 5.82 Å². The number of halogens is 2. The number of carbonyl (C=O) groups excluding carboxylic acids is 1. The quantitative estimate of drug-likeness (QED) is 0.758. The maximum absolute atomic E-state index is 14.3. The van der Waals surface area contributed by atoms with Gasteiger partial charge in [-0.25, -0.2) is 8.78 Å². The van der Waals surface area contributed by atoms with E-state index in [2.05, 4.69) is 15.1 Å². The van der Waals surface area contributed by atoms with E-state index in [1.54, 1.807) is 0 Å². The second-order valence-corrected chi connectivity index (χ2v) is 6.65. The number of benzene rings is 2. The van der Waals surface area contributed by atoms with Gasteiger partial charge in [-0.15, -0.1) is 0 Å². The molecule has 1 saturated heterocycles. The van der Waals surface area contributed by atoms with Crippen LogP contribution in [-0.4, -0.2) is 29.2 Å². The molecule has 1 amide bonds. The van der Waals surface area contributed by atoms with Crippen LogP contribution in [0.3, 0.4) is 0 Å². The molecule has 7 heteroatoms. The van der Waals surface area contributed by atoms with Gasteiger partial charge in [0.1, 0.15) is 11.6 Å². The number of amides is 1. The third-order valence-electron chi connectivity index (χ3n) is 5.29. The van der Waals surface area contributed by atoms with Gasteiger partial charge >= 0.3 is 0 Å². The van der Waals surface area contributed by atoms with Crippen LogP contribution in [-0.2, 0) is 10.2 Å². The third kappa shape index (κ3) is 2.51. The number of nitrogens with zero attached hydrogens (tertiary/aromatic N) is 2. The van der Waals surface area contributed by atoms with Crippen LogP contribution in [0.5, 0.6) is 0 Å². The highest BCUT2D eigenvalue weighted by molar-refractivity contribution is 5.91. The minimum absolute atomic E-state index is 0.165. The first-order chi connectivity index (χ1) is 12.5. The molecule has 0 atom stereocenters. The molecule has 1 aliphatic rings. The van der Waals surface area contributed by atoms with Crippen molar-refractivity contribution < 1.29 is 13.6 Å².